The number of carbonyl (C=O) groups excluding carboxylic acids is 1. The summed E-state index contributed by atoms with van der Waals surface area (Å²) in [7, 11) is 0. The van der Waals surface area contributed by atoms with Crippen molar-refractivity contribution in [1.82, 2.24) is 5.32 Å². The molecule has 1 amide bonds. The predicted molar refractivity (Wildman–Crippen MR) is 89.7 cm³/mol. The van der Waals surface area contributed by atoms with Crippen LogP contribution in [0.4, 0.5) is 5.69 Å². The van der Waals surface area contributed by atoms with Crippen LogP contribution in [0.3, 0.4) is 0 Å². The van der Waals surface area contributed by atoms with Gasteiger partial charge in [0.15, 0.2) is 0 Å². The quantitative estimate of drug-likeness (QED) is 0.717. The molecule has 0 aliphatic rings. The molecule has 0 radical (unpaired) electrons. The van der Waals surface area contributed by atoms with Crippen LogP contribution in [-0.4, -0.2) is 29.5 Å². The zero-order chi connectivity index (χ0) is 15.0. The molecule has 112 valence electrons. The zero-order valence-electron chi connectivity index (χ0n) is 12.9. The molecule has 1 aromatic rings. The molecule has 0 saturated carbocycles. The highest BCUT2D eigenvalue weighted by atomic mass is 32.2. The SMILES string of the molecule is CCSCCC(C)NC(=O)c1ccccc1NC(C)C. The van der Waals surface area contributed by atoms with Crippen LogP contribution < -0.4 is 10.6 Å². The fraction of sp³-hybridized carbons (Fsp3) is 0.562. The van der Waals surface area contributed by atoms with E-state index in [1.54, 1.807) is 0 Å². The first-order valence-corrected chi connectivity index (χ1v) is 8.44. The van der Waals surface area contributed by atoms with Crippen LogP contribution >= 0.6 is 11.8 Å². The number of nitrogens with one attached hydrogen (secondary N) is 2. The molecule has 0 aliphatic carbocycles. The summed E-state index contributed by atoms with van der Waals surface area (Å²) in [6.45, 7) is 8.35. The van der Waals surface area contributed by atoms with Crippen molar-refractivity contribution in [3.8, 4) is 0 Å². The Kier molecular flexibility index (Phi) is 7.52. The summed E-state index contributed by atoms with van der Waals surface area (Å²) in [5, 5.41) is 6.39. The molecular weight excluding hydrogens is 268 g/mol. The molecule has 20 heavy (non-hydrogen) atoms. The summed E-state index contributed by atoms with van der Waals surface area (Å²) in [4.78, 5) is 12.3. The maximum atomic E-state index is 12.3. The van der Waals surface area contributed by atoms with E-state index in [1.807, 2.05) is 36.0 Å². The number of benzene rings is 1. The van der Waals surface area contributed by atoms with Crippen molar-refractivity contribution in [2.45, 2.75) is 46.2 Å². The lowest BCUT2D eigenvalue weighted by Crippen LogP contribution is -2.33. The van der Waals surface area contributed by atoms with E-state index in [0.717, 1.165) is 29.2 Å². The molecule has 1 unspecified atom stereocenters. The minimum absolute atomic E-state index is 0.00254. The number of hydrogen-bond donors (Lipinski definition) is 2. The first-order valence-electron chi connectivity index (χ1n) is 7.28. The van der Waals surface area contributed by atoms with Crippen LogP contribution in [0.25, 0.3) is 0 Å². The average molecular weight is 294 g/mol. The van der Waals surface area contributed by atoms with Gasteiger partial charge in [0.2, 0.25) is 0 Å². The van der Waals surface area contributed by atoms with E-state index in [4.69, 9.17) is 0 Å². The Balaban J connectivity index is 2.62. The smallest absolute Gasteiger partial charge is 0.253 e. The minimum Gasteiger partial charge on any atom is -0.382 e. The van der Waals surface area contributed by atoms with Crippen molar-refractivity contribution < 1.29 is 4.79 Å². The van der Waals surface area contributed by atoms with Crippen LogP contribution in [0.5, 0.6) is 0 Å². The van der Waals surface area contributed by atoms with Crippen LogP contribution in [0.2, 0.25) is 0 Å². The monoisotopic (exact) mass is 294 g/mol. The van der Waals surface area contributed by atoms with Crippen LogP contribution in [0, 0.1) is 0 Å². The molecule has 1 aromatic carbocycles. The van der Waals surface area contributed by atoms with Crippen LogP contribution in [-0.2, 0) is 0 Å². The van der Waals surface area contributed by atoms with E-state index in [-0.39, 0.29) is 11.9 Å². The van der Waals surface area contributed by atoms with Gasteiger partial charge in [0, 0.05) is 17.8 Å². The maximum Gasteiger partial charge on any atom is 0.253 e. The van der Waals surface area contributed by atoms with Gasteiger partial charge in [0.1, 0.15) is 0 Å². The number of para-hydroxylation sites is 1. The molecule has 1 atom stereocenters. The van der Waals surface area contributed by atoms with E-state index in [2.05, 4.69) is 38.3 Å². The van der Waals surface area contributed by atoms with Crippen molar-refractivity contribution in [2.24, 2.45) is 0 Å². The summed E-state index contributed by atoms with van der Waals surface area (Å²) < 4.78 is 0. The first-order chi connectivity index (χ1) is 9.54. The molecular formula is C16H26N2OS. The zero-order valence-corrected chi connectivity index (χ0v) is 13.7. The highest BCUT2D eigenvalue weighted by Gasteiger charge is 2.13. The van der Waals surface area contributed by atoms with Crippen molar-refractivity contribution in [3.05, 3.63) is 29.8 Å². The molecule has 0 aliphatic heterocycles. The van der Waals surface area contributed by atoms with Gasteiger partial charge in [-0.05, 0) is 50.8 Å². The first kappa shape index (κ1) is 16.9. The van der Waals surface area contributed by atoms with Gasteiger partial charge in [-0.1, -0.05) is 19.1 Å². The molecule has 2 N–H and O–H groups in total. The molecule has 4 heteroatoms. The molecule has 0 aromatic heterocycles. The number of carbonyl (C=O) groups is 1. The highest BCUT2D eigenvalue weighted by molar-refractivity contribution is 7.99. The van der Waals surface area contributed by atoms with E-state index in [9.17, 15) is 4.79 Å². The maximum absolute atomic E-state index is 12.3. The Morgan fingerprint density at radius 2 is 1.95 bits per heavy atom. The van der Waals surface area contributed by atoms with Gasteiger partial charge in [0.25, 0.3) is 5.91 Å². The lowest BCUT2D eigenvalue weighted by Gasteiger charge is -2.17. The van der Waals surface area contributed by atoms with Crippen molar-refractivity contribution in [2.75, 3.05) is 16.8 Å². The Hall–Kier alpha value is -1.16. The van der Waals surface area contributed by atoms with E-state index in [0.29, 0.717) is 6.04 Å². The Morgan fingerprint density at radius 3 is 2.60 bits per heavy atom. The summed E-state index contributed by atoms with van der Waals surface area (Å²) >= 11 is 1.91. The largest absolute Gasteiger partial charge is 0.382 e. The molecule has 0 fully saturated rings. The van der Waals surface area contributed by atoms with Crippen molar-refractivity contribution >= 4 is 23.4 Å². The number of thioether (sulfide) groups is 1. The number of hydrogen-bond acceptors (Lipinski definition) is 3. The third kappa shape index (κ3) is 5.87. The summed E-state index contributed by atoms with van der Waals surface area (Å²) in [6, 6.07) is 8.18. The second-order valence-corrected chi connectivity index (χ2v) is 6.60. The van der Waals surface area contributed by atoms with E-state index < -0.39 is 0 Å². The van der Waals surface area contributed by atoms with Gasteiger partial charge < -0.3 is 10.6 Å². The van der Waals surface area contributed by atoms with E-state index >= 15 is 0 Å². The van der Waals surface area contributed by atoms with Crippen molar-refractivity contribution in [1.29, 1.82) is 0 Å². The van der Waals surface area contributed by atoms with Gasteiger partial charge in [-0.2, -0.15) is 11.8 Å². The molecule has 1 rings (SSSR count). The summed E-state index contributed by atoms with van der Waals surface area (Å²) in [5.74, 6) is 2.22. The third-order valence-corrected chi connectivity index (χ3v) is 3.83. The van der Waals surface area contributed by atoms with E-state index in [1.165, 1.54) is 0 Å². The highest BCUT2D eigenvalue weighted by Crippen LogP contribution is 2.16. The summed E-state index contributed by atoms with van der Waals surface area (Å²) in [5.41, 5.74) is 1.62. The fourth-order valence-corrected chi connectivity index (χ4v) is 2.71. The van der Waals surface area contributed by atoms with Gasteiger partial charge in [-0.25, -0.2) is 0 Å². The van der Waals surface area contributed by atoms with Crippen LogP contribution in [0.15, 0.2) is 24.3 Å². The standard InChI is InChI=1S/C16H26N2OS/c1-5-20-11-10-13(4)18-16(19)14-8-6-7-9-15(14)17-12(2)3/h6-9,12-13,17H,5,10-11H2,1-4H3,(H,18,19). The summed E-state index contributed by atoms with van der Waals surface area (Å²) in [6.07, 6.45) is 1.00. The predicted octanol–water partition coefficient (Wildman–Crippen LogP) is 3.77. The Morgan fingerprint density at radius 1 is 1.25 bits per heavy atom. The topological polar surface area (TPSA) is 41.1 Å². The van der Waals surface area contributed by atoms with Gasteiger partial charge in [-0.15, -0.1) is 0 Å². The Bertz CT molecular complexity index is 421. The molecule has 0 heterocycles. The normalized spacial score (nSPS) is 12.2. The van der Waals surface area contributed by atoms with Gasteiger partial charge in [0.05, 0.1) is 5.56 Å². The Labute approximate surface area is 126 Å². The number of rotatable bonds is 8. The fourth-order valence-electron chi connectivity index (χ4n) is 1.90. The molecule has 0 spiro atoms. The number of anilines is 1. The van der Waals surface area contributed by atoms with Gasteiger partial charge in [-0.3, -0.25) is 4.79 Å². The second-order valence-electron chi connectivity index (χ2n) is 5.20. The third-order valence-electron chi connectivity index (χ3n) is 2.89. The minimum atomic E-state index is 0.00254. The second kappa shape index (κ2) is 8.90. The molecule has 3 nitrogen and oxygen atoms in total. The number of amides is 1. The average Bonchev–Trinajstić information content (AvgIpc) is 2.38. The molecule has 0 bridgehead atoms. The van der Waals surface area contributed by atoms with Crippen molar-refractivity contribution in [3.63, 3.8) is 0 Å². The molecule has 0 saturated heterocycles. The lowest BCUT2D eigenvalue weighted by atomic mass is 10.1. The van der Waals surface area contributed by atoms with Gasteiger partial charge >= 0.3 is 0 Å². The van der Waals surface area contributed by atoms with Crippen LogP contribution in [0.1, 0.15) is 44.5 Å². The lowest BCUT2D eigenvalue weighted by molar-refractivity contribution is 0.0940.